The molecule has 0 bridgehead atoms. The number of aliphatic hydroxyl groups excluding tert-OH is 1. The van der Waals surface area contributed by atoms with Gasteiger partial charge in [0.1, 0.15) is 0 Å². The molecule has 0 fully saturated rings. The van der Waals surface area contributed by atoms with Gasteiger partial charge in [-0.15, -0.1) is 0 Å². The number of nitrogens with zero attached hydrogens (tertiary/aromatic N) is 1. The number of aromatic amines is 2. The molecule has 20 heavy (non-hydrogen) atoms. The van der Waals surface area contributed by atoms with Crippen LogP contribution >= 0.6 is 12.2 Å². The highest BCUT2D eigenvalue weighted by atomic mass is 32.1. The van der Waals surface area contributed by atoms with E-state index >= 15 is 0 Å². The van der Waals surface area contributed by atoms with Gasteiger partial charge in [0.2, 0.25) is 0 Å². The zero-order valence-electron chi connectivity index (χ0n) is 11.0. The van der Waals surface area contributed by atoms with Crippen molar-refractivity contribution >= 4 is 29.0 Å². The molecule has 1 aromatic heterocycles. The van der Waals surface area contributed by atoms with E-state index in [0.717, 1.165) is 0 Å². The van der Waals surface area contributed by atoms with Gasteiger partial charge in [0, 0.05) is 18.7 Å². The number of carbonyl (C=O) groups is 1. The predicted octanol–water partition coefficient (Wildman–Crippen LogP) is 1.04. The minimum atomic E-state index is -0.287. The number of carbonyl (C=O) groups excluding carboxylic acids is 1. The second-order valence-electron chi connectivity index (χ2n) is 4.28. The number of amides is 1. The highest BCUT2D eigenvalue weighted by molar-refractivity contribution is 7.71. The van der Waals surface area contributed by atoms with Crippen molar-refractivity contribution in [3.05, 3.63) is 38.9 Å². The van der Waals surface area contributed by atoms with Gasteiger partial charge >= 0.3 is 0 Å². The summed E-state index contributed by atoms with van der Waals surface area (Å²) in [6.45, 7) is 2.53. The van der Waals surface area contributed by atoms with Gasteiger partial charge in [0.15, 0.2) is 4.77 Å². The molecule has 1 aromatic carbocycles. The smallest absolute Gasteiger partial charge is 0.259 e. The number of aromatic nitrogens is 2. The molecule has 6 nitrogen and oxygen atoms in total. The van der Waals surface area contributed by atoms with Crippen molar-refractivity contribution in [1.29, 1.82) is 0 Å². The standard InChI is InChI=1S/C13H15N3O3S/c1-2-16(5-6-17)12(19)8-3-4-9-10(7-8)14-13(20)15-11(9)18/h3-4,7,17H,2,5-6H2,1H3,(H2,14,15,18,20). The lowest BCUT2D eigenvalue weighted by Crippen LogP contribution is -2.33. The molecule has 3 N–H and O–H groups in total. The van der Waals surface area contributed by atoms with Crippen LogP contribution in [0.2, 0.25) is 0 Å². The fourth-order valence-corrected chi connectivity index (χ4v) is 2.21. The number of hydrogen-bond acceptors (Lipinski definition) is 4. The van der Waals surface area contributed by atoms with E-state index in [-0.39, 0.29) is 29.4 Å². The lowest BCUT2D eigenvalue weighted by molar-refractivity contribution is 0.0732. The van der Waals surface area contributed by atoms with Gasteiger partial charge in [-0.05, 0) is 37.3 Å². The first-order valence-corrected chi connectivity index (χ1v) is 6.64. The molecule has 0 saturated carbocycles. The minimum Gasteiger partial charge on any atom is -0.395 e. The summed E-state index contributed by atoms with van der Waals surface area (Å²) in [5.74, 6) is -0.192. The van der Waals surface area contributed by atoms with Crippen molar-refractivity contribution in [2.24, 2.45) is 0 Å². The number of rotatable bonds is 4. The third-order valence-electron chi connectivity index (χ3n) is 3.03. The number of fused-ring (bicyclic) bond motifs is 1. The maximum absolute atomic E-state index is 12.3. The second-order valence-corrected chi connectivity index (χ2v) is 4.69. The topological polar surface area (TPSA) is 89.2 Å². The zero-order chi connectivity index (χ0) is 14.7. The first kappa shape index (κ1) is 14.4. The molecule has 2 rings (SSSR count). The molecule has 0 atom stereocenters. The van der Waals surface area contributed by atoms with Crippen LogP contribution in [0.5, 0.6) is 0 Å². The first-order chi connectivity index (χ1) is 9.56. The van der Waals surface area contributed by atoms with Gasteiger partial charge < -0.3 is 15.0 Å². The Kier molecular flexibility index (Phi) is 4.31. The summed E-state index contributed by atoms with van der Waals surface area (Å²) in [7, 11) is 0. The molecule has 0 spiro atoms. The Morgan fingerprint density at radius 2 is 2.15 bits per heavy atom. The van der Waals surface area contributed by atoms with Crippen molar-refractivity contribution in [2.75, 3.05) is 19.7 Å². The molecule has 7 heteroatoms. The van der Waals surface area contributed by atoms with Gasteiger partial charge in [0.25, 0.3) is 11.5 Å². The van der Waals surface area contributed by atoms with E-state index < -0.39 is 0 Å². The van der Waals surface area contributed by atoms with Crippen LogP contribution in [0.3, 0.4) is 0 Å². The fourth-order valence-electron chi connectivity index (χ4n) is 2.01. The third kappa shape index (κ3) is 2.78. The zero-order valence-corrected chi connectivity index (χ0v) is 11.8. The Hall–Kier alpha value is -1.99. The predicted molar refractivity (Wildman–Crippen MR) is 78.4 cm³/mol. The molecule has 2 aromatic rings. The van der Waals surface area contributed by atoms with Crippen LogP contribution in [0.15, 0.2) is 23.0 Å². The third-order valence-corrected chi connectivity index (χ3v) is 3.23. The summed E-state index contributed by atoms with van der Waals surface area (Å²) in [5.41, 5.74) is 0.680. The molecule has 0 unspecified atom stereocenters. The van der Waals surface area contributed by atoms with Gasteiger partial charge in [0.05, 0.1) is 17.5 Å². The molecule has 0 aliphatic heterocycles. The number of nitrogens with one attached hydrogen (secondary N) is 2. The average Bonchev–Trinajstić information content (AvgIpc) is 2.43. The summed E-state index contributed by atoms with van der Waals surface area (Å²) in [4.78, 5) is 30.8. The molecule has 1 heterocycles. The van der Waals surface area contributed by atoms with E-state index in [1.54, 1.807) is 18.2 Å². The summed E-state index contributed by atoms with van der Waals surface area (Å²) >= 11 is 4.91. The van der Waals surface area contributed by atoms with Crippen LogP contribution in [0, 0.1) is 4.77 Å². The van der Waals surface area contributed by atoms with Crippen molar-refractivity contribution in [2.45, 2.75) is 6.92 Å². The monoisotopic (exact) mass is 293 g/mol. The molecule has 0 aliphatic rings. The lowest BCUT2D eigenvalue weighted by Gasteiger charge is -2.19. The van der Waals surface area contributed by atoms with Crippen LogP contribution < -0.4 is 5.56 Å². The Bertz CT molecular complexity index is 750. The maximum Gasteiger partial charge on any atom is 0.259 e. The molecule has 1 amide bonds. The molecule has 106 valence electrons. The van der Waals surface area contributed by atoms with Crippen LogP contribution in [0.25, 0.3) is 10.9 Å². The fraction of sp³-hybridized carbons (Fsp3) is 0.308. The van der Waals surface area contributed by atoms with Gasteiger partial charge in [-0.25, -0.2) is 0 Å². The SMILES string of the molecule is CCN(CCO)C(=O)c1ccc2c(=O)[nH]c(=S)[nH]c2c1. The Morgan fingerprint density at radius 1 is 1.40 bits per heavy atom. The van der Waals surface area contributed by atoms with Crippen LogP contribution in [0.4, 0.5) is 0 Å². The van der Waals surface area contributed by atoms with Crippen molar-refractivity contribution in [3.63, 3.8) is 0 Å². The van der Waals surface area contributed by atoms with E-state index in [4.69, 9.17) is 17.3 Å². The van der Waals surface area contributed by atoms with Crippen LogP contribution in [-0.4, -0.2) is 45.6 Å². The normalized spacial score (nSPS) is 10.7. The molecule has 0 aliphatic carbocycles. The highest BCUT2D eigenvalue weighted by Gasteiger charge is 2.14. The Labute approximate surface area is 120 Å². The van der Waals surface area contributed by atoms with Gasteiger partial charge in [-0.3, -0.25) is 14.6 Å². The second kappa shape index (κ2) is 5.98. The van der Waals surface area contributed by atoms with Crippen LogP contribution in [-0.2, 0) is 0 Å². The van der Waals surface area contributed by atoms with E-state index in [9.17, 15) is 9.59 Å². The van der Waals surface area contributed by atoms with Crippen molar-refractivity contribution in [3.8, 4) is 0 Å². The number of likely N-dealkylation sites (N-methyl/N-ethyl adjacent to an activating group) is 1. The molecule has 0 saturated heterocycles. The Balaban J connectivity index is 2.48. The number of hydrogen-bond donors (Lipinski definition) is 3. The summed E-state index contributed by atoms with van der Waals surface area (Å²) < 4.78 is 0.217. The first-order valence-electron chi connectivity index (χ1n) is 6.23. The quantitative estimate of drug-likeness (QED) is 0.735. The average molecular weight is 293 g/mol. The van der Waals surface area contributed by atoms with E-state index in [0.29, 0.717) is 23.0 Å². The highest BCUT2D eigenvalue weighted by Crippen LogP contribution is 2.12. The maximum atomic E-state index is 12.3. The van der Waals surface area contributed by atoms with Crippen molar-refractivity contribution in [1.82, 2.24) is 14.9 Å². The summed E-state index contributed by atoms with van der Waals surface area (Å²) in [5, 5.41) is 9.39. The van der Waals surface area contributed by atoms with Crippen LogP contribution in [0.1, 0.15) is 17.3 Å². The molecular formula is C13H15N3O3S. The number of aliphatic hydroxyl groups is 1. The van der Waals surface area contributed by atoms with Gasteiger partial charge in [-0.1, -0.05) is 0 Å². The lowest BCUT2D eigenvalue weighted by atomic mass is 10.1. The summed E-state index contributed by atoms with van der Waals surface area (Å²) in [6.07, 6.45) is 0. The molecule has 0 radical (unpaired) electrons. The number of H-pyrrole nitrogens is 2. The Morgan fingerprint density at radius 3 is 2.80 bits per heavy atom. The van der Waals surface area contributed by atoms with Crippen molar-refractivity contribution < 1.29 is 9.90 Å². The molecular weight excluding hydrogens is 278 g/mol. The number of benzene rings is 1. The van der Waals surface area contributed by atoms with E-state index in [1.807, 2.05) is 6.92 Å². The minimum absolute atomic E-state index is 0.0880. The summed E-state index contributed by atoms with van der Waals surface area (Å²) in [6, 6.07) is 4.78. The van der Waals surface area contributed by atoms with Gasteiger partial charge in [-0.2, -0.15) is 0 Å². The van der Waals surface area contributed by atoms with E-state index in [1.165, 1.54) is 4.90 Å². The largest absolute Gasteiger partial charge is 0.395 e. The van der Waals surface area contributed by atoms with E-state index in [2.05, 4.69) is 9.97 Å².